The van der Waals surface area contributed by atoms with E-state index < -0.39 is 0 Å². The average Bonchev–Trinajstić information content (AvgIpc) is 2.68. The maximum absolute atomic E-state index is 12.5. The molecule has 0 aliphatic carbocycles. The van der Waals surface area contributed by atoms with Crippen LogP contribution in [0.1, 0.15) is 29.8 Å². The molecular formula is C22H22ClN3O2. The maximum atomic E-state index is 12.5. The fourth-order valence-electron chi connectivity index (χ4n) is 2.62. The minimum atomic E-state index is -0.197. The zero-order valence-corrected chi connectivity index (χ0v) is 16.5. The van der Waals surface area contributed by atoms with E-state index in [2.05, 4.69) is 15.6 Å². The number of hydrogen-bond acceptors (Lipinski definition) is 4. The van der Waals surface area contributed by atoms with Gasteiger partial charge in [-0.25, -0.2) is 4.98 Å². The predicted octanol–water partition coefficient (Wildman–Crippen LogP) is 5.20. The van der Waals surface area contributed by atoms with Gasteiger partial charge in [-0.15, -0.1) is 0 Å². The number of para-hydroxylation sites is 2. The van der Waals surface area contributed by atoms with E-state index in [9.17, 15) is 4.79 Å². The zero-order valence-electron chi connectivity index (χ0n) is 15.8. The molecule has 0 radical (unpaired) electrons. The molecule has 0 spiro atoms. The minimum absolute atomic E-state index is 0.0535. The molecule has 0 bridgehead atoms. The third-order valence-electron chi connectivity index (χ3n) is 3.93. The lowest BCUT2D eigenvalue weighted by Gasteiger charge is -2.15. The standard InChI is InChI=1S/C22H22ClN3O2/c1-15(2)28-20-10-6-5-9-19(20)26-21-13-16(11-12-24-21)22(27)25-14-17-7-3-4-8-18(17)23/h3-13,15H,14H2,1-2H3,(H,24,26)(H,25,27). The smallest absolute Gasteiger partial charge is 0.251 e. The summed E-state index contributed by atoms with van der Waals surface area (Å²) in [7, 11) is 0. The van der Waals surface area contributed by atoms with Gasteiger partial charge < -0.3 is 15.4 Å². The van der Waals surface area contributed by atoms with E-state index in [1.165, 1.54) is 0 Å². The van der Waals surface area contributed by atoms with Crippen LogP contribution in [0.2, 0.25) is 5.02 Å². The van der Waals surface area contributed by atoms with Crippen molar-refractivity contribution in [2.24, 2.45) is 0 Å². The summed E-state index contributed by atoms with van der Waals surface area (Å²) in [5.41, 5.74) is 2.16. The monoisotopic (exact) mass is 395 g/mol. The largest absolute Gasteiger partial charge is 0.489 e. The number of pyridine rings is 1. The number of carbonyl (C=O) groups excluding carboxylic acids is 1. The van der Waals surface area contributed by atoms with Crippen LogP contribution in [0, 0.1) is 0 Å². The molecule has 28 heavy (non-hydrogen) atoms. The van der Waals surface area contributed by atoms with Crippen LogP contribution >= 0.6 is 11.6 Å². The van der Waals surface area contributed by atoms with Crippen LogP contribution in [0.15, 0.2) is 66.9 Å². The van der Waals surface area contributed by atoms with Crippen LogP contribution in [0.3, 0.4) is 0 Å². The Kier molecular flexibility index (Phi) is 6.50. The van der Waals surface area contributed by atoms with Crippen LogP contribution in [0.25, 0.3) is 0 Å². The molecule has 0 atom stereocenters. The van der Waals surface area contributed by atoms with Crippen molar-refractivity contribution in [2.45, 2.75) is 26.5 Å². The second kappa shape index (κ2) is 9.24. The van der Waals surface area contributed by atoms with E-state index in [-0.39, 0.29) is 12.0 Å². The van der Waals surface area contributed by atoms with Crippen molar-refractivity contribution >= 4 is 29.0 Å². The highest BCUT2D eigenvalue weighted by Gasteiger charge is 2.10. The average molecular weight is 396 g/mol. The topological polar surface area (TPSA) is 63.2 Å². The third kappa shape index (κ3) is 5.24. The number of rotatable bonds is 7. The SMILES string of the molecule is CC(C)Oc1ccccc1Nc1cc(C(=O)NCc2ccccc2Cl)ccn1. The molecule has 0 fully saturated rings. The summed E-state index contributed by atoms with van der Waals surface area (Å²) in [4.78, 5) is 16.8. The Bertz CT molecular complexity index is 960. The van der Waals surface area contributed by atoms with Gasteiger partial charge in [-0.3, -0.25) is 4.79 Å². The highest BCUT2D eigenvalue weighted by Crippen LogP contribution is 2.27. The Labute approximate surface area is 169 Å². The molecule has 144 valence electrons. The van der Waals surface area contributed by atoms with Gasteiger partial charge in [0.05, 0.1) is 11.8 Å². The molecule has 2 aromatic carbocycles. The van der Waals surface area contributed by atoms with Crippen LogP contribution in [-0.2, 0) is 6.54 Å². The molecule has 1 aromatic heterocycles. The zero-order chi connectivity index (χ0) is 19.9. The van der Waals surface area contributed by atoms with E-state index in [1.807, 2.05) is 56.3 Å². The number of nitrogens with zero attached hydrogens (tertiary/aromatic N) is 1. The van der Waals surface area contributed by atoms with Crippen LogP contribution in [-0.4, -0.2) is 17.0 Å². The van der Waals surface area contributed by atoms with E-state index in [1.54, 1.807) is 24.4 Å². The van der Waals surface area contributed by atoms with E-state index in [0.717, 1.165) is 17.0 Å². The fourth-order valence-corrected chi connectivity index (χ4v) is 2.83. The number of ether oxygens (including phenoxy) is 1. The van der Waals surface area contributed by atoms with Gasteiger partial charge in [0.1, 0.15) is 11.6 Å². The van der Waals surface area contributed by atoms with Gasteiger partial charge in [0.2, 0.25) is 0 Å². The number of benzene rings is 2. The van der Waals surface area contributed by atoms with Crippen molar-refractivity contribution in [1.29, 1.82) is 0 Å². The summed E-state index contributed by atoms with van der Waals surface area (Å²) < 4.78 is 5.81. The first-order valence-electron chi connectivity index (χ1n) is 9.03. The molecular weight excluding hydrogens is 374 g/mol. The van der Waals surface area contributed by atoms with Crippen molar-refractivity contribution in [3.63, 3.8) is 0 Å². The lowest BCUT2D eigenvalue weighted by Crippen LogP contribution is -2.23. The van der Waals surface area contributed by atoms with E-state index in [4.69, 9.17) is 16.3 Å². The summed E-state index contributed by atoms with van der Waals surface area (Å²) in [6.07, 6.45) is 1.65. The quantitative estimate of drug-likeness (QED) is 0.577. The van der Waals surface area contributed by atoms with Gasteiger partial charge in [0.15, 0.2) is 0 Å². The Hall–Kier alpha value is -3.05. The van der Waals surface area contributed by atoms with E-state index >= 15 is 0 Å². The lowest BCUT2D eigenvalue weighted by atomic mass is 10.2. The third-order valence-corrected chi connectivity index (χ3v) is 4.30. The first-order valence-corrected chi connectivity index (χ1v) is 9.41. The second-order valence-corrected chi connectivity index (χ2v) is 6.90. The molecule has 0 saturated heterocycles. The number of carbonyl (C=O) groups is 1. The Morgan fingerprint density at radius 2 is 1.86 bits per heavy atom. The number of aromatic nitrogens is 1. The lowest BCUT2D eigenvalue weighted by molar-refractivity contribution is 0.0951. The molecule has 1 heterocycles. The van der Waals surface area contributed by atoms with E-state index in [0.29, 0.717) is 22.9 Å². The minimum Gasteiger partial charge on any atom is -0.489 e. The van der Waals surface area contributed by atoms with Crippen LogP contribution in [0.4, 0.5) is 11.5 Å². The van der Waals surface area contributed by atoms with Gasteiger partial charge in [-0.2, -0.15) is 0 Å². The summed E-state index contributed by atoms with van der Waals surface area (Å²) in [5, 5.41) is 6.73. The summed E-state index contributed by atoms with van der Waals surface area (Å²) >= 11 is 6.14. The first-order chi connectivity index (χ1) is 13.5. The van der Waals surface area contributed by atoms with Crippen molar-refractivity contribution in [1.82, 2.24) is 10.3 Å². The highest BCUT2D eigenvalue weighted by atomic mass is 35.5. The molecule has 3 aromatic rings. The second-order valence-electron chi connectivity index (χ2n) is 6.49. The molecule has 0 aliphatic rings. The van der Waals surface area contributed by atoms with Crippen molar-refractivity contribution in [3.8, 4) is 5.75 Å². The van der Waals surface area contributed by atoms with Gasteiger partial charge in [-0.05, 0) is 49.7 Å². The normalized spacial score (nSPS) is 10.6. The van der Waals surface area contributed by atoms with Gasteiger partial charge in [0, 0.05) is 23.3 Å². The summed E-state index contributed by atoms with van der Waals surface area (Å²) in [5.74, 6) is 1.09. The Morgan fingerprint density at radius 1 is 1.11 bits per heavy atom. The number of anilines is 2. The van der Waals surface area contributed by atoms with Gasteiger partial charge in [-0.1, -0.05) is 41.9 Å². The highest BCUT2D eigenvalue weighted by molar-refractivity contribution is 6.31. The number of amides is 1. The predicted molar refractivity (Wildman–Crippen MR) is 112 cm³/mol. The fraction of sp³-hybridized carbons (Fsp3) is 0.182. The van der Waals surface area contributed by atoms with Crippen molar-refractivity contribution < 1.29 is 9.53 Å². The molecule has 6 heteroatoms. The molecule has 0 unspecified atom stereocenters. The Balaban J connectivity index is 1.70. The summed E-state index contributed by atoms with van der Waals surface area (Å²) in [6, 6.07) is 18.4. The summed E-state index contributed by atoms with van der Waals surface area (Å²) in [6.45, 7) is 4.30. The maximum Gasteiger partial charge on any atom is 0.251 e. The molecule has 0 saturated carbocycles. The molecule has 3 rings (SSSR count). The van der Waals surface area contributed by atoms with Crippen molar-refractivity contribution in [2.75, 3.05) is 5.32 Å². The first kappa shape index (κ1) is 19.7. The van der Waals surface area contributed by atoms with Crippen LogP contribution in [0.5, 0.6) is 5.75 Å². The van der Waals surface area contributed by atoms with Crippen molar-refractivity contribution in [3.05, 3.63) is 83.0 Å². The molecule has 1 amide bonds. The van der Waals surface area contributed by atoms with Crippen LogP contribution < -0.4 is 15.4 Å². The van der Waals surface area contributed by atoms with Gasteiger partial charge in [0.25, 0.3) is 5.91 Å². The number of hydrogen-bond donors (Lipinski definition) is 2. The number of halogens is 1. The molecule has 0 aliphatic heterocycles. The Morgan fingerprint density at radius 3 is 2.64 bits per heavy atom. The number of nitrogens with one attached hydrogen (secondary N) is 2. The molecule has 2 N–H and O–H groups in total. The molecule has 5 nitrogen and oxygen atoms in total. The van der Waals surface area contributed by atoms with Gasteiger partial charge >= 0.3 is 0 Å².